The lowest BCUT2D eigenvalue weighted by Crippen LogP contribution is -2.58. The average molecular weight is 427 g/mol. The molecule has 25 heavy (non-hydrogen) atoms. The average Bonchev–Trinajstić information content (AvgIpc) is 2.47. The molecule has 1 amide bonds. The van der Waals surface area contributed by atoms with Crippen LogP contribution in [0.1, 0.15) is 27.7 Å². The number of ether oxygens (including phenoxy) is 1. The topological polar surface area (TPSA) is 62.4 Å². The summed E-state index contributed by atoms with van der Waals surface area (Å²) in [6.07, 6.45) is -0.994. The van der Waals surface area contributed by atoms with Gasteiger partial charge in [-0.2, -0.15) is 0 Å². The van der Waals surface area contributed by atoms with E-state index in [-0.39, 0.29) is 11.0 Å². The number of thiocarbonyl (C=S) groups is 1. The SMILES string of the molecule is CCOc1ccc(NC(=S)N[C@H](NC(=O)C(C)(C)C)C(Cl)(Cl)Cl)cc1. The van der Waals surface area contributed by atoms with Crippen LogP contribution in [0.2, 0.25) is 0 Å². The van der Waals surface area contributed by atoms with Crippen molar-refractivity contribution in [3.63, 3.8) is 0 Å². The summed E-state index contributed by atoms with van der Waals surface area (Å²) in [6.45, 7) is 7.77. The number of nitrogens with one attached hydrogen (secondary N) is 3. The number of hydrogen-bond donors (Lipinski definition) is 3. The van der Waals surface area contributed by atoms with Crippen molar-refractivity contribution < 1.29 is 9.53 Å². The summed E-state index contributed by atoms with van der Waals surface area (Å²) < 4.78 is 3.59. The van der Waals surface area contributed by atoms with E-state index in [0.717, 1.165) is 11.4 Å². The predicted octanol–water partition coefficient (Wildman–Crippen LogP) is 4.23. The maximum absolute atomic E-state index is 12.2. The van der Waals surface area contributed by atoms with Crippen LogP contribution in [0.4, 0.5) is 5.69 Å². The van der Waals surface area contributed by atoms with Crippen LogP contribution >= 0.6 is 47.0 Å². The highest BCUT2D eigenvalue weighted by Gasteiger charge is 2.36. The van der Waals surface area contributed by atoms with Crippen molar-refractivity contribution >= 4 is 63.7 Å². The molecule has 0 saturated carbocycles. The van der Waals surface area contributed by atoms with Crippen LogP contribution in [0.25, 0.3) is 0 Å². The van der Waals surface area contributed by atoms with Crippen molar-refractivity contribution in [2.24, 2.45) is 5.41 Å². The van der Waals surface area contributed by atoms with Crippen molar-refractivity contribution in [1.29, 1.82) is 0 Å². The first kappa shape index (κ1) is 22.1. The normalized spacial score (nSPS) is 12.9. The molecule has 5 nitrogen and oxygen atoms in total. The van der Waals surface area contributed by atoms with Gasteiger partial charge in [-0.05, 0) is 43.4 Å². The van der Waals surface area contributed by atoms with E-state index >= 15 is 0 Å². The van der Waals surface area contributed by atoms with E-state index in [1.807, 2.05) is 19.1 Å². The molecular formula is C16H22Cl3N3O2S. The van der Waals surface area contributed by atoms with Crippen molar-refractivity contribution in [3.05, 3.63) is 24.3 Å². The molecule has 1 atom stereocenters. The summed E-state index contributed by atoms with van der Waals surface area (Å²) in [5.74, 6) is 0.476. The zero-order valence-corrected chi connectivity index (χ0v) is 17.5. The molecule has 3 N–H and O–H groups in total. The smallest absolute Gasteiger partial charge is 0.228 e. The monoisotopic (exact) mass is 425 g/mol. The van der Waals surface area contributed by atoms with E-state index in [1.165, 1.54) is 0 Å². The summed E-state index contributed by atoms with van der Waals surface area (Å²) >= 11 is 23.1. The molecule has 0 heterocycles. The third-order valence-corrected chi connectivity index (χ3v) is 3.86. The fourth-order valence-corrected chi connectivity index (χ4v) is 2.21. The third-order valence-electron chi connectivity index (χ3n) is 2.98. The largest absolute Gasteiger partial charge is 0.494 e. The molecule has 0 aliphatic rings. The van der Waals surface area contributed by atoms with Crippen LogP contribution in [0, 0.1) is 5.41 Å². The minimum absolute atomic E-state index is 0.203. The minimum atomic E-state index is -1.79. The Morgan fingerprint density at radius 1 is 1.16 bits per heavy atom. The highest BCUT2D eigenvalue weighted by molar-refractivity contribution is 7.80. The van der Waals surface area contributed by atoms with Gasteiger partial charge < -0.3 is 20.7 Å². The number of benzene rings is 1. The lowest BCUT2D eigenvalue weighted by molar-refractivity contribution is -0.129. The van der Waals surface area contributed by atoms with E-state index in [4.69, 9.17) is 51.8 Å². The summed E-state index contributed by atoms with van der Waals surface area (Å²) in [6, 6.07) is 7.22. The minimum Gasteiger partial charge on any atom is -0.494 e. The number of hydrogen-bond acceptors (Lipinski definition) is 3. The molecule has 0 saturated heterocycles. The predicted molar refractivity (Wildman–Crippen MR) is 109 cm³/mol. The van der Waals surface area contributed by atoms with E-state index in [0.29, 0.717) is 6.61 Å². The molecular weight excluding hydrogens is 405 g/mol. The van der Waals surface area contributed by atoms with Crippen LogP contribution in [0.3, 0.4) is 0 Å². The first-order valence-corrected chi connectivity index (χ1v) is 9.15. The van der Waals surface area contributed by atoms with Gasteiger partial charge in [-0.15, -0.1) is 0 Å². The number of alkyl halides is 3. The Balaban J connectivity index is 2.73. The Morgan fingerprint density at radius 2 is 1.72 bits per heavy atom. The molecule has 0 unspecified atom stereocenters. The van der Waals surface area contributed by atoms with Crippen molar-refractivity contribution in [2.45, 2.75) is 37.7 Å². The number of rotatable bonds is 5. The quantitative estimate of drug-likeness (QED) is 0.373. The van der Waals surface area contributed by atoms with E-state index in [9.17, 15) is 4.79 Å². The molecule has 1 aromatic carbocycles. The van der Waals surface area contributed by atoms with E-state index in [2.05, 4.69) is 16.0 Å². The molecule has 1 rings (SSSR count). The summed E-state index contributed by atoms with van der Waals surface area (Å²) in [5, 5.41) is 8.62. The Bertz CT molecular complexity index is 598. The van der Waals surface area contributed by atoms with Crippen molar-refractivity contribution in [2.75, 3.05) is 11.9 Å². The molecule has 0 aromatic heterocycles. The van der Waals surface area contributed by atoms with Gasteiger partial charge in [0.15, 0.2) is 5.11 Å². The van der Waals surface area contributed by atoms with Gasteiger partial charge in [-0.1, -0.05) is 55.6 Å². The Morgan fingerprint density at radius 3 is 2.16 bits per heavy atom. The fraction of sp³-hybridized carbons (Fsp3) is 0.500. The lowest BCUT2D eigenvalue weighted by atomic mass is 9.95. The Labute approximate surface area is 168 Å². The molecule has 0 spiro atoms. The van der Waals surface area contributed by atoms with Crippen LogP contribution in [-0.4, -0.2) is 27.6 Å². The van der Waals surface area contributed by atoms with Crippen LogP contribution in [-0.2, 0) is 4.79 Å². The maximum atomic E-state index is 12.2. The summed E-state index contributed by atoms with van der Waals surface area (Å²) in [5.41, 5.74) is 0.0890. The standard InChI is InChI=1S/C16H22Cl3N3O2S/c1-5-24-11-8-6-10(7-9-11)20-14(25)22-12(16(17,18)19)21-13(23)15(2,3)4/h6-9,12H,5H2,1-4H3,(H,21,23)(H2,20,22,25)/t12-/m0/s1. The van der Waals surface area contributed by atoms with Crippen LogP contribution in [0.5, 0.6) is 5.75 Å². The first-order valence-electron chi connectivity index (χ1n) is 7.61. The van der Waals surface area contributed by atoms with Gasteiger partial charge >= 0.3 is 0 Å². The number of carbonyl (C=O) groups excluding carboxylic acids is 1. The molecule has 140 valence electrons. The zero-order chi connectivity index (χ0) is 19.3. The third kappa shape index (κ3) is 7.86. The Kier molecular flexibility index (Phi) is 8.06. The van der Waals surface area contributed by atoms with Crippen molar-refractivity contribution in [1.82, 2.24) is 10.6 Å². The maximum Gasteiger partial charge on any atom is 0.228 e. The molecule has 0 radical (unpaired) electrons. The van der Waals surface area contributed by atoms with E-state index < -0.39 is 15.4 Å². The second kappa shape index (κ2) is 9.12. The Hall–Kier alpha value is -0.950. The molecule has 1 aromatic rings. The molecule has 0 aliphatic heterocycles. The highest BCUT2D eigenvalue weighted by atomic mass is 35.6. The van der Waals surface area contributed by atoms with Gasteiger partial charge in [-0.25, -0.2) is 0 Å². The first-order chi connectivity index (χ1) is 11.4. The summed E-state index contributed by atoms with van der Waals surface area (Å²) in [4.78, 5) is 12.2. The molecule has 0 bridgehead atoms. The number of carbonyl (C=O) groups is 1. The van der Waals surface area contributed by atoms with Gasteiger partial charge in [0.1, 0.15) is 11.9 Å². The van der Waals surface area contributed by atoms with Crippen molar-refractivity contribution in [3.8, 4) is 5.75 Å². The number of halogens is 3. The number of anilines is 1. The van der Waals surface area contributed by atoms with Crippen LogP contribution < -0.4 is 20.7 Å². The summed E-state index contributed by atoms with van der Waals surface area (Å²) in [7, 11) is 0. The van der Waals surface area contributed by atoms with Crippen LogP contribution in [0.15, 0.2) is 24.3 Å². The highest BCUT2D eigenvalue weighted by Crippen LogP contribution is 2.30. The second-order valence-electron chi connectivity index (χ2n) is 6.25. The van der Waals surface area contributed by atoms with Gasteiger partial charge in [0, 0.05) is 11.1 Å². The lowest BCUT2D eigenvalue weighted by Gasteiger charge is -2.30. The van der Waals surface area contributed by atoms with Gasteiger partial charge in [-0.3, -0.25) is 4.79 Å². The van der Waals surface area contributed by atoms with Gasteiger partial charge in [0.05, 0.1) is 6.61 Å². The number of amides is 1. The molecule has 9 heteroatoms. The van der Waals surface area contributed by atoms with Gasteiger partial charge in [0.2, 0.25) is 9.70 Å². The molecule has 0 fully saturated rings. The zero-order valence-electron chi connectivity index (χ0n) is 14.5. The second-order valence-corrected chi connectivity index (χ2v) is 9.03. The van der Waals surface area contributed by atoms with Gasteiger partial charge in [0.25, 0.3) is 0 Å². The molecule has 0 aliphatic carbocycles. The fourth-order valence-electron chi connectivity index (χ4n) is 1.65. The van der Waals surface area contributed by atoms with E-state index in [1.54, 1.807) is 32.9 Å².